The van der Waals surface area contributed by atoms with Crippen molar-refractivity contribution in [2.45, 2.75) is 26.8 Å². The summed E-state index contributed by atoms with van der Waals surface area (Å²) in [6.07, 6.45) is 0.926. The molecule has 0 spiro atoms. The van der Waals surface area contributed by atoms with Gasteiger partial charge in [0.2, 0.25) is 5.91 Å². The molecule has 0 bridgehead atoms. The van der Waals surface area contributed by atoms with Gasteiger partial charge in [-0.3, -0.25) is 14.5 Å². The van der Waals surface area contributed by atoms with Crippen LogP contribution in [-0.4, -0.2) is 47.8 Å². The lowest BCUT2D eigenvalue weighted by Gasteiger charge is -2.21. The second-order valence-electron chi connectivity index (χ2n) is 7.85. The normalized spacial score (nSPS) is 15.2. The summed E-state index contributed by atoms with van der Waals surface area (Å²) in [5, 5.41) is 3.79. The highest BCUT2D eigenvalue weighted by atomic mass is 16.3. The molecular formula is C24H27N3O3. The van der Waals surface area contributed by atoms with E-state index in [0.717, 1.165) is 54.8 Å². The van der Waals surface area contributed by atoms with Gasteiger partial charge in [0.25, 0.3) is 5.91 Å². The van der Waals surface area contributed by atoms with E-state index in [1.54, 1.807) is 0 Å². The molecule has 1 fully saturated rings. The number of carbonyl (C=O) groups is 2. The molecule has 0 unspecified atom stereocenters. The number of rotatable bonds is 4. The van der Waals surface area contributed by atoms with Gasteiger partial charge in [0, 0.05) is 56.3 Å². The molecule has 0 saturated carbocycles. The minimum atomic E-state index is -0.0697. The van der Waals surface area contributed by atoms with Gasteiger partial charge in [-0.15, -0.1) is 0 Å². The smallest absolute Gasteiger partial charge is 0.289 e. The van der Waals surface area contributed by atoms with Gasteiger partial charge in [0.15, 0.2) is 5.76 Å². The molecule has 1 aliphatic heterocycles. The molecule has 1 saturated heterocycles. The molecule has 2 aromatic carbocycles. The predicted octanol–water partition coefficient (Wildman–Crippen LogP) is 4.05. The summed E-state index contributed by atoms with van der Waals surface area (Å²) >= 11 is 0. The lowest BCUT2D eigenvalue weighted by atomic mass is 10.1. The maximum Gasteiger partial charge on any atom is 0.289 e. The van der Waals surface area contributed by atoms with Gasteiger partial charge in [-0.05, 0) is 37.1 Å². The van der Waals surface area contributed by atoms with Gasteiger partial charge in [-0.1, -0.05) is 30.3 Å². The Balaban J connectivity index is 1.39. The molecule has 2 heterocycles. The van der Waals surface area contributed by atoms with Crippen molar-refractivity contribution in [2.75, 3.05) is 31.5 Å². The summed E-state index contributed by atoms with van der Waals surface area (Å²) in [6, 6.07) is 15.7. The monoisotopic (exact) mass is 405 g/mol. The van der Waals surface area contributed by atoms with Crippen molar-refractivity contribution >= 4 is 28.5 Å². The van der Waals surface area contributed by atoms with Gasteiger partial charge >= 0.3 is 0 Å². The number of anilines is 1. The number of amides is 2. The highest BCUT2D eigenvalue weighted by Crippen LogP contribution is 2.26. The van der Waals surface area contributed by atoms with E-state index in [4.69, 9.17) is 4.42 Å². The number of carbonyl (C=O) groups excluding carboxylic acids is 2. The second kappa shape index (κ2) is 8.71. The summed E-state index contributed by atoms with van der Waals surface area (Å²) < 4.78 is 5.88. The average Bonchev–Trinajstić information content (AvgIpc) is 2.91. The average molecular weight is 405 g/mol. The van der Waals surface area contributed by atoms with Crippen LogP contribution in [0.3, 0.4) is 0 Å². The molecule has 4 rings (SSSR count). The lowest BCUT2D eigenvalue weighted by molar-refractivity contribution is -0.114. The van der Waals surface area contributed by atoms with Gasteiger partial charge in [-0.2, -0.15) is 0 Å². The summed E-state index contributed by atoms with van der Waals surface area (Å²) in [5.74, 6) is 0.364. The number of nitrogens with one attached hydrogen (secondary N) is 1. The van der Waals surface area contributed by atoms with Crippen molar-refractivity contribution in [1.29, 1.82) is 0 Å². The van der Waals surface area contributed by atoms with Crippen LogP contribution in [-0.2, 0) is 11.3 Å². The first-order valence-corrected chi connectivity index (χ1v) is 10.4. The first kappa shape index (κ1) is 20.2. The van der Waals surface area contributed by atoms with Crippen LogP contribution in [0.2, 0.25) is 0 Å². The van der Waals surface area contributed by atoms with Gasteiger partial charge in [0.1, 0.15) is 5.58 Å². The zero-order valence-corrected chi connectivity index (χ0v) is 17.5. The van der Waals surface area contributed by atoms with E-state index in [2.05, 4.69) is 10.2 Å². The minimum absolute atomic E-state index is 0.0230. The lowest BCUT2D eigenvalue weighted by Crippen LogP contribution is -2.35. The number of fused-ring (bicyclic) bond motifs is 1. The largest absolute Gasteiger partial charge is 0.451 e. The third-order valence-corrected chi connectivity index (χ3v) is 5.59. The molecule has 0 radical (unpaired) electrons. The fraction of sp³-hybridized carbons (Fsp3) is 0.333. The quantitative estimate of drug-likeness (QED) is 0.711. The number of benzene rings is 2. The standard InChI is InChI=1S/C24H27N3O3/c1-17-21-6-3-4-7-22(21)30-23(17)24(29)27-13-5-12-26(14-15-27)16-19-8-10-20(11-9-19)25-18(2)28/h3-4,6-11H,5,12-16H2,1-2H3,(H,25,28). The highest BCUT2D eigenvalue weighted by molar-refractivity contribution is 5.98. The molecule has 6 nitrogen and oxygen atoms in total. The van der Waals surface area contributed by atoms with Crippen LogP contribution in [0.1, 0.15) is 35.0 Å². The van der Waals surface area contributed by atoms with Crippen molar-refractivity contribution in [3.8, 4) is 0 Å². The topological polar surface area (TPSA) is 65.8 Å². The maximum atomic E-state index is 13.1. The van der Waals surface area contributed by atoms with Crippen LogP contribution in [0.15, 0.2) is 52.9 Å². The Labute approximate surface area is 176 Å². The number of hydrogen-bond acceptors (Lipinski definition) is 4. The molecule has 1 aliphatic rings. The second-order valence-corrected chi connectivity index (χ2v) is 7.85. The van der Waals surface area contributed by atoms with Crippen molar-refractivity contribution in [2.24, 2.45) is 0 Å². The first-order chi connectivity index (χ1) is 14.5. The Morgan fingerprint density at radius 3 is 2.50 bits per heavy atom. The van der Waals surface area contributed by atoms with E-state index in [0.29, 0.717) is 12.3 Å². The molecule has 30 heavy (non-hydrogen) atoms. The van der Waals surface area contributed by atoms with Crippen molar-refractivity contribution in [1.82, 2.24) is 9.80 Å². The summed E-state index contributed by atoms with van der Waals surface area (Å²) in [6.45, 7) is 7.45. The van der Waals surface area contributed by atoms with E-state index in [-0.39, 0.29) is 11.8 Å². The molecule has 156 valence electrons. The van der Waals surface area contributed by atoms with Crippen LogP contribution < -0.4 is 5.32 Å². The van der Waals surface area contributed by atoms with E-state index in [9.17, 15) is 9.59 Å². The summed E-state index contributed by atoms with van der Waals surface area (Å²) in [5.41, 5.74) is 3.67. The molecule has 6 heteroatoms. The molecule has 2 amide bonds. The summed E-state index contributed by atoms with van der Waals surface area (Å²) in [7, 11) is 0. The van der Waals surface area contributed by atoms with Crippen molar-refractivity contribution in [3.63, 3.8) is 0 Å². The predicted molar refractivity (Wildman–Crippen MR) is 117 cm³/mol. The minimum Gasteiger partial charge on any atom is -0.451 e. The van der Waals surface area contributed by atoms with Crippen LogP contribution in [0.4, 0.5) is 5.69 Å². The van der Waals surface area contributed by atoms with E-state index < -0.39 is 0 Å². The van der Waals surface area contributed by atoms with Crippen LogP contribution >= 0.6 is 0 Å². The molecule has 1 aromatic heterocycles. The van der Waals surface area contributed by atoms with E-state index in [1.807, 2.05) is 60.4 Å². The fourth-order valence-corrected chi connectivity index (χ4v) is 4.01. The SMILES string of the molecule is CC(=O)Nc1ccc(CN2CCCN(C(=O)c3oc4ccccc4c3C)CC2)cc1. The van der Waals surface area contributed by atoms with Crippen LogP contribution in [0, 0.1) is 6.92 Å². The van der Waals surface area contributed by atoms with Gasteiger partial charge in [-0.25, -0.2) is 0 Å². The molecule has 3 aromatic rings. The van der Waals surface area contributed by atoms with Gasteiger partial charge < -0.3 is 14.6 Å². The van der Waals surface area contributed by atoms with Crippen molar-refractivity contribution < 1.29 is 14.0 Å². The molecule has 0 aliphatic carbocycles. The number of aryl methyl sites for hydroxylation is 1. The third-order valence-electron chi connectivity index (χ3n) is 5.59. The Bertz CT molecular complexity index is 1060. The number of furan rings is 1. The number of para-hydroxylation sites is 1. The Kier molecular flexibility index (Phi) is 5.86. The van der Waals surface area contributed by atoms with E-state index in [1.165, 1.54) is 12.5 Å². The molecule has 1 N–H and O–H groups in total. The molecule has 0 atom stereocenters. The third kappa shape index (κ3) is 4.39. The van der Waals surface area contributed by atoms with Crippen molar-refractivity contribution in [3.05, 3.63) is 65.4 Å². The van der Waals surface area contributed by atoms with Crippen LogP contribution in [0.5, 0.6) is 0 Å². The van der Waals surface area contributed by atoms with Crippen LogP contribution in [0.25, 0.3) is 11.0 Å². The Morgan fingerprint density at radius 1 is 1.00 bits per heavy atom. The number of hydrogen-bond donors (Lipinski definition) is 1. The molecular weight excluding hydrogens is 378 g/mol. The maximum absolute atomic E-state index is 13.1. The van der Waals surface area contributed by atoms with E-state index >= 15 is 0 Å². The zero-order valence-electron chi connectivity index (χ0n) is 17.5. The number of nitrogens with zero attached hydrogens (tertiary/aromatic N) is 2. The van der Waals surface area contributed by atoms with Gasteiger partial charge in [0.05, 0.1) is 0 Å². The Morgan fingerprint density at radius 2 is 1.77 bits per heavy atom. The first-order valence-electron chi connectivity index (χ1n) is 10.4. The fourth-order valence-electron chi connectivity index (χ4n) is 4.01. The highest BCUT2D eigenvalue weighted by Gasteiger charge is 2.25. The summed E-state index contributed by atoms with van der Waals surface area (Å²) in [4.78, 5) is 28.5. The Hall–Kier alpha value is -3.12. The zero-order chi connectivity index (χ0) is 21.1.